The second-order valence-corrected chi connectivity index (χ2v) is 5.64. The van der Waals surface area contributed by atoms with E-state index < -0.39 is 0 Å². The molecule has 0 saturated heterocycles. The lowest BCUT2D eigenvalue weighted by atomic mass is 10.2. The molecule has 0 aliphatic rings. The molecule has 3 nitrogen and oxygen atoms in total. The lowest BCUT2D eigenvalue weighted by Crippen LogP contribution is -2.09. The number of nitrogen functional groups attached to an aromatic ring is 1. The van der Waals surface area contributed by atoms with Gasteiger partial charge in [0.2, 0.25) is 0 Å². The molecule has 0 aromatic heterocycles. The van der Waals surface area contributed by atoms with Crippen molar-refractivity contribution in [3.8, 4) is 5.75 Å². The van der Waals surface area contributed by atoms with Crippen LogP contribution in [-0.4, -0.2) is 6.10 Å². The highest BCUT2D eigenvalue weighted by Gasteiger charge is 2.04. The molecule has 2 aromatic rings. The Bertz CT molecular complexity index is 586. The highest BCUT2D eigenvalue weighted by molar-refractivity contribution is 9.10. The quantitative estimate of drug-likeness (QED) is 0.760. The summed E-state index contributed by atoms with van der Waals surface area (Å²) in [5.41, 5.74) is 8.50. The Kier molecular flexibility index (Phi) is 4.90. The minimum absolute atomic E-state index is 0.209. The summed E-state index contributed by atoms with van der Waals surface area (Å²) in [6.45, 7) is 4.17. The summed E-state index contributed by atoms with van der Waals surface area (Å²) in [4.78, 5) is 0. The van der Waals surface area contributed by atoms with Crippen molar-refractivity contribution < 1.29 is 4.74 Å². The SMILES string of the molecule is CCC(C)Oc1cccc(Nc2cc(Br)ccc2N)c1. The van der Waals surface area contributed by atoms with E-state index in [-0.39, 0.29) is 6.10 Å². The summed E-state index contributed by atoms with van der Waals surface area (Å²) in [5, 5.41) is 3.31. The van der Waals surface area contributed by atoms with Crippen LogP contribution in [0.25, 0.3) is 0 Å². The van der Waals surface area contributed by atoms with Gasteiger partial charge in [-0.1, -0.05) is 28.9 Å². The summed E-state index contributed by atoms with van der Waals surface area (Å²) < 4.78 is 6.80. The van der Waals surface area contributed by atoms with Gasteiger partial charge in [0, 0.05) is 16.2 Å². The van der Waals surface area contributed by atoms with E-state index in [0.29, 0.717) is 5.69 Å². The van der Waals surface area contributed by atoms with Gasteiger partial charge in [0.25, 0.3) is 0 Å². The van der Waals surface area contributed by atoms with Gasteiger partial charge in [0.05, 0.1) is 17.5 Å². The molecule has 2 aromatic carbocycles. The van der Waals surface area contributed by atoms with Gasteiger partial charge < -0.3 is 15.8 Å². The minimum atomic E-state index is 0.209. The molecule has 0 aliphatic carbocycles. The van der Waals surface area contributed by atoms with E-state index in [9.17, 15) is 0 Å². The number of halogens is 1. The number of benzene rings is 2. The monoisotopic (exact) mass is 334 g/mol. The Labute approximate surface area is 128 Å². The highest BCUT2D eigenvalue weighted by Crippen LogP contribution is 2.28. The zero-order valence-electron chi connectivity index (χ0n) is 11.7. The smallest absolute Gasteiger partial charge is 0.121 e. The molecule has 3 N–H and O–H groups in total. The van der Waals surface area contributed by atoms with Gasteiger partial charge in [-0.3, -0.25) is 0 Å². The summed E-state index contributed by atoms with van der Waals surface area (Å²) in [5.74, 6) is 0.859. The van der Waals surface area contributed by atoms with Crippen molar-refractivity contribution in [2.45, 2.75) is 26.4 Å². The van der Waals surface area contributed by atoms with Crippen molar-refractivity contribution in [3.05, 3.63) is 46.9 Å². The van der Waals surface area contributed by atoms with Crippen LogP contribution in [0.2, 0.25) is 0 Å². The first-order valence-electron chi connectivity index (χ1n) is 6.67. The zero-order chi connectivity index (χ0) is 14.5. The van der Waals surface area contributed by atoms with Gasteiger partial charge in [-0.15, -0.1) is 0 Å². The summed E-state index contributed by atoms with van der Waals surface area (Å²) in [6.07, 6.45) is 1.19. The molecule has 0 bridgehead atoms. The van der Waals surface area contributed by atoms with Crippen molar-refractivity contribution in [1.29, 1.82) is 0 Å². The van der Waals surface area contributed by atoms with Crippen LogP contribution in [0.3, 0.4) is 0 Å². The van der Waals surface area contributed by atoms with Crippen LogP contribution in [0.1, 0.15) is 20.3 Å². The van der Waals surface area contributed by atoms with E-state index in [1.807, 2.05) is 42.5 Å². The summed E-state index contributed by atoms with van der Waals surface area (Å²) >= 11 is 3.45. The first-order valence-corrected chi connectivity index (χ1v) is 7.46. The lowest BCUT2D eigenvalue weighted by Gasteiger charge is -2.14. The number of rotatable bonds is 5. The fraction of sp³-hybridized carbons (Fsp3) is 0.250. The maximum Gasteiger partial charge on any atom is 0.121 e. The normalized spacial score (nSPS) is 11.9. The lowest BCUT2D eigenvalue weighted by molar-refractivity contribution is 0.217. The standard InChI is InChI=1S/C16H19BrN2O/c1-3-11(2)20-14-6-4-5-13(10-14)19-16-9-12(17)7-8-15(16)18/h4-11,19H,3,18H2,1-2H3. The average Bonchev–Trinajstić information content (AvgIpc) is 2.43. The molecule has 1 unspecified atom stereocenters. The minimum Gasteiger partial charge on any atom is -0.491 e. The topological polar surface area (TPSA) is 47.3 Å². The van der Waals surface area contributed by atoms with E-state index in [0.717, 1.165) is 28.0 Å². The number of anilines is 3. The molecule has 4 heteroatoms. The number of ether oxygens (including phenoxy) is 1. The molecule has 1 atom stereocenters. The molecule has 0 amide bonds. The van der Waals surface area contributed by atoms with Crippen LogP contribution < -0.4 is 15.8 Å². The number of nitrogens with two attached hydrogens (primary N) is 1. The Morgan fingerprint density at radius 1 is 1.25 bits per heavy atom. The molecule has 2 rings (SSSR count). The molecule has 0 spiro atoms. The Morgan fingerprint density at radius 2 is 2.05 bits per heavy atom. The zero-order valence-corrected chi connectivity index (χ0v) is 13.3. The fourth-order valence-electron chi connectivity index (χ4n) is 1.76. The van der Waals surface area contributed by atoms with Gasteiger partial charge in [0.1, 0.15) is 5.75 Å². The predicted octanol–water partition coefficient (Wildman–Crippen LogP) is 4.95. The Balaban J connectivity index is 2.17. The van der Waals surface area contributed by atoms with Gasteiger partial charge in [-0.25, -0.2) is 0 Å². The van der Waals surface area contributed by atoms with Crippen LogP contribution in [0.4, 0.5) is 17.1 Å². The number of nitrogens with one attached hydrogen (secondary N) is 1. The van der Waals surface area contributed by atoms with E-state index in [4.69, 9.17) is 10.5 Å². The van der Waals surface area contributed by atoms with Gasteiger partial charge in [-0.2, -0.15) is 0 Å². The third kappa shape index (κ3) is 3.90. The Hall–Kier alpha value is -1.68. The first-order chi connectivity index (χ1) is 9.58. The maximum atomic E-state index is 5.96. The second-order valence-electron chi connectivity index (χ2n) is 4.72. The van der Waals surface area contributed by atoms with E-state index in [1.165, 1.54) is 0 Å². The Morgan fingerprint density at radius 3 is 2.80 bits per heavy atom. The molecule has 20 heavy (non-hydrogen) atoms. The first kappa shape index (κ1) is 14.7. The summed E-state index contributed by atoms with van der Waals surface area (Å²) in [6, 6.07) is 13.6. The third-order valence-corrected chi connectivity index (χ3v) is 3.53. The molecular weight excluding hydrogens is 316 g/mol. The van der Waals surface area contributed by atoms with Crippen molar-refractivity contribution >= 4 is 33.0 Å². The largest absolute Gasteiger partial charge is 0.491 e. The third-order valence-electron chi connectivity index (χ3n) is 3.04. The van der Waals surface area contributed by atoms with E-state index in [2.05, 4.69) is 35.1 Å². The summed E-state index contributed by atoms with van der Waals surface area (Å²) in [7, 11) is 0. The molecule has 0 saturated carbocycles. The van der Waals surface area contributed by atoms with Gasteiger partial charge in [-0.05, 0) is 43.7 Å². The van der Waals surface area contributed by atoms with E-state index in [1.54, 1.807) is 0 Å². The molecule has 0 aliphatic heterocycles. The molecular formula is C16H19BrN2O. The van der Waals surface area contributed by atoms with Crippen LogP contribution in [-0.2, 0) is 0 Å². The highest BCUT2D eigenvalue weighted by atomic mass is 79.9. The number of hydrogen-bond donors (Lipinski definition) is 2. The molecule has 0 heterocycles. The van der Waals surface area contributed by atoms with Crippen LogP contribution in [0.15, 0.2) is 46.9 Å². The number of hydrogen-bond acceptors (Lipinski definition) is 3. The predicted molar refractivity (Wildman–Crippen MR) is 88.7 cm³/mol. The fourth-order valence-corrected chi connectivity index (χ4v) is 2.12. The van der Waals surface area contributed by atoms with Crippen LogP contribution >= 0.6 is 15.9 Å². The molecule has 0 fully saturated rings. The van der Waals surface area contributed by atoms with Crippen molar-refractivity contribution in [2.75, 3.05) is 11.1 Å². The van der Waals surface area contributed by atoms with Crippen molar-refractivity contribution in [3.63, 3.8) is 0 Å². The van der Waals surface area contributed by atoms with Crippen molar-refractivity contribution in [2.24, 2.45) is 0 Å². The molecule has 0 radical (unpaired) electrons. The van der Waals surface area contributed by atoms with Gasteiger partial charge in [0.15, 0.2) is 0 Å². The van der Waals surface area contributed by atoms with Crippen molar-refractivity contribution in [1.82, 2.24) is 0 Å². The van der Waals surface area contributed by atoms with Crippen LogP contribution in [0, 0.1) is 0 Å². The second kappa shape index (κ2) is 6.66. The average molecular weight is 335 g/mol. The maximum absolute atomic E-state index is 5.96. The van der Waals surface area contributed by atoms with Crippen LogP contribution in [0.5, 0.6) is 5.75 Å². The molecule has 106 valence electrons. The van der Waals surface area contributed by atoms with Gasteiger partial charge >= 0.3 is 0 Å². The van der Waals surface area contributed by atoms with E-state index >= 15 is 0 Å².